The maximum Gasteiger partial charge on any atom is 0.251 e. The lowest BCUT2D eigenvalue weighted by Crippen LogP contribution is -2.29. The van der Waals surface area contributed by atoms with Crippen molar-refractivity contribution in [3.05, 3.63) is 70.8 Å². The van der Waals surface area contributed by atoms with Crippen LogP contribution in [0.25, 0.3) is 0 Å². The van der Waals surface area contributed by atoms with E-state index in [0.717, 1.165) is 17.7 Å². The van der Waals surface area contributed by atoms with Gasteiger partial charge in [-0.15, -0.1) is 0 Å². The summed E-state index contributed by atoms with van der Waals surface area (Å²) in [5, 5.41) is 5.71. The van der Waals surface area contributed by atoms with E-state index in [-0.39, 0.29) is 11.8 Å². The number of nitrogens with one attached hydrogen (secondary N) is 2. The Morgan fingerprint density at radius 1 is 0.786 bits per heavy atom. The lowest BCUT2D eigenvalue weighted by molar-refractivity contribution is -0.119. The first kappa shape index (κ1) is 20.1. The molecule has 2 aromatic carbocycles. The molecule has 0 spiro atoms. The second kappa shape index (κ2) is 10.0. The van der Waals surface area contributed by atoms with Crippen molar-refractivity contribution >= 4 is 11.8 Å². The van der Waals surface area contributed by atoms with E-state index in [1.54, 1.807) is 12.1 Å². The highest BCUT2D eigenvalue weighted by Gasteiger charge is 2.10. The first-order valence-electron chi connectivity index (χ1n) is 10.0. The molecule has 0 aliphatic carbocycles. The molecule has 2 amide bonds. The molecule has 148 valence electrons. The molecule has 2 N–H and O–H groups in total. The van der Waals surface area contributed by atoms with Crippen LogP contribution in [-0.4, -0.2) is 29.8 Å². The Bertz CT molecular complexity index is 778. The van der Waals surface area contributed by atoms with Gasteiger partial charge in [0.2, 0.25) is 5.91 Å². The highest BCUT2D eigenvalue weighted by atomic mass is 16.2. The molecular weight excluding hydrogens is 350 g/mol. The summed E-state index contributed by atoms with van der Waals surface area (Å²) in [4.78, 5) is 25.8. The van der Waals surface area contributed by atoms with Gasteiger partial charge in [0.1, 0.15) is 0 Å². The van der Waals surface area contributed by atoms with Gasteiger partial charge in [-0.05, 0) is 54.8 Å². The van der Waals surface area contributed by atoms with Crippen molar-refractivity contribution < 1.29 is 9.59 Å². The third-order valence-corrected chi connectivity index (χ3v) is 5.09. The Morgan fingerprint density at radius 3 is 1.93 bits per heavy atom. The normalized spacial score (nSPS) is 14.5. The maximum absolute atomic E-state index is 12.3. The van der Waals surface area contributed by atoms with E-state index in [9.17, 15) is 9.59 Å². The molecule has 3 rings (SSSR count). The van der Waals surface area contributed by atoms with Crippen LogP contribution in [0.2, 0.25) is 0 Å². The number of benzene rings is 2. The van der Waals surface area contributed by atoms with Crippen molar-refractivity contribution in [2.24, 2.45) is 0 Å². The number of carbonyl (C=O) groups excluding carboxylic acids is 2. The minimum atomic E-state index is -0.0940. The summed E-state index contributed by atoms with van der Waals surface area (Å²) in [6.45, 7) is 5.87. The summed E-state index contributed by atoms with van der Waals surface area (Å²) in [6, 6.07) is 15.8. The van der Waals surface area contributed by atoms with E-state index in [1.807, 2.05) is 12.1 Å². The Kier molecular flexibility index (Phi) is 7.20. The molecule has 1 saturated heterocycles. The average Bonchev–Trinajstić information content (AvgIpc) is 2.72. The largest absolute Gasteiger partial charge is 0.352 e. The van der Waals surface area contributed by atoms with Crippen molar-refractivity contribution in [2.45, 2.75) is 45.8 Å². The highest BCUT2D eigenvalue weighted by molar-refractivity contribution is 5.94. The molecule has 0 radical (unpaired) electrons. The van der Waals surface area contributed by atoms with Crippen LogP contribution in [0, 0.1) is 0 Å². The fourth-order valence-electron chi connectivity index (χ4n) is 3.42. The quantitative estimate of drug-likeness (QED) is 0.776. The Hall–Kier alpha value is -2.66. The molecule has 1 aliphatic rings. The summed E-state index contributed by atoms with van der Waals surface area (Å²) in [5.74, 6) is -0.160. The standard InChI is InChI=1S/C23H29N3O2/c1-18(27)24-15-20-9-11-22(12-10-20)23(28)25-16-19-5-7-21(8-6-19)17-26-13-3-2-4-14-26/h5-12H,2-4,13-17H2,1H3,(H,24,27)(H,25,28). The van der Waals surface area contributed by atoms with E-state index in [0.29, 0.717) is 18.7 Å². The SMILES string of the molecule is CC(=O)NCc1ccc(C(=O)NCc2ccc(CN3CCCCC3)cc2)cc1. The third-order valence-electron chi connectivity index (χ3n) is 5.09. The smallest absolute Gasteiger partial charge is 0.251 e. The van der Waals surface area contributed by atoms with Crippen LogP contribution in [0.3, 0.4) is 0 Å². The molecule has 28 heavy (non-hydrogen) atoms. The zero-order valence-electron chi connectivity index (χ0n) is 16.5. The van der Waals surface area contributed by atoms with Gasteiger partial charge in [-0.25, -0.2) is 0 Å². The molecular formula is C23H29N3O2. The van der Waals surface area contributed by atoms with Gasteiger partial charge in [0.25, 0.3) is 5.91 Å². The molecule has 1 fully saturated rings. The average molecular weight is 380 g/mol. The van der Waals surface area contributed by atoms with Gasteiger partial charge < -0.3 is 10.6 Å². The Morgan fingerprint density at radius 2 is 1.32 bits per heavy atom. The number of likely N-dealkylation sites (tertiary alicyclic amines) is 1. The molecule has 1 heterocycles. The monoisotopic (exact) mass is 379 g/mol. The summed E-state index contributed by atoms with van der Waals surface area (Å²) in [5.41, 5.74) is 4.01. The second-order valence-corrected chi connectivity index (χ2v) is 7.44. The van der Waals surface area contributed by atoms with Gasteiger partial charge in [0, 0.05) is 32.1 Å². The second-order valence-electron chi connectivity index (χ2n) is 7.44. The molecule has 0 unspecified atom stereocenters. The highest BCUT2D eigenvalue weighted by Crippen LogP contribution is 2.14. The zero-order valence-corrected chi connectivity index (χ0v) is 16.5. The van der Waals surface area contributed by atoms with E-state index >= 15 is 0 Å². The first-order valence-corrected chi connectivity index (χ1v) is 10.0. The van der Waals surface area contributed by atoms with Crippen molar-refractivity contribution in [2.75, 3.05) is 13.1 Å². The molecule has 1 aliphatic heterocycles. The maximum atomic E-state index is 12.3. The minimum Gasteiger partial charge on any atom is -0.352 e. The van der Waals surface area contributed by atoms with Crippen LogP contribution < -0.4 is 10.6 Å². The van der Waals surface area contributed by atoms with E-state index in [4.69, 9.17) is 0 Å². The number of amides is 2. The molecule has 5 nitrogen and oxygen atoms in total. The minimum absolute atomic E-state index is 0.0660. The number of piperidine rings is 1. The lowest BCUT2D eigenvalue weighted by atomic mass is 10.1. The molecule has 2 aromatic rings. The summed E-state index contributed by atoms with van der Waals surface area (Å²) in [6.07, 6.45) is 3.96. The molecule has 5 heteroatoms. The van der Waals surface area contributed by atoms with E-state index in [2.05, 4.69) is 39.8 Å². The number of carbonyl (C=O) groups is 2. The predicted octanol–water partition coefficient (Wildman–Crippen LogP) is 3.24. The third kappa shape index (κ3) is 6.20. The summed E-state index contributed by atoms with van der Waals surface area (Å²) >= 11 is 0. The van der Waals surface area contributed by atoms with E-state index < -0.39 is 0 Å². The Balaban J connectivity index is 1.46. The van der Waals surface area contributed by atoms with Gasteiger partial charge >= 0.3 is 0 Å². The summed E-state index contributed by atoms with van der Waals surface area (Å²) in [7, 11) is 0. The topological polar surface area (TPSA) is 61.4 Å². The van der Waals surface area contributed by atoms with Crippen molar-refractivity contribution in [1.29, 1.82) is 0 Å². The Labute approximate surface area is 167 Å². The van der Waals surface area contributed by atoms with Gasteiger partial charge in [-0.2, -0.15) is 0 Å². The van der Waals surface area contributed by atoms with Crippen molar-refractivity contribution in [1.82, 2.24) is 15.5 Å². The van der Waals surface area contributed by atoms with Crippen LogP contribution in [0.5, 0.6) is 0 Å². The number of hydrogen-bond acceptors (Lipinski definition) is 3. The summed E-state index contributed by atoms with van der Waals surface area (Å²) < 4.78 is 0. The van der Waals surface area contributed by atoms with Crippen LogP contribution in [-0.2, 0) is 24.4 Å². The molecule has 0 atom stereocenters. The van der Waals surface area contributed by atoms with Crippen LogP contribution in [0.15, 0.2) is 48.5 Å². The van der Waals surface area contributed by atoms with Crippen LogP contribution in [0.4, 0.5) is 0 Å². The molecule has 0 bridgehead atoms. The van der Waals surface area contributed by atoms with Gasteiger partial charge in [0.05, 0.1) is 0 Å². The zero-order chi connectivity index (χ0) is 19.8. The van der Waals surface area contributed by atoms with Crippen molar-refractivity contribution in [3.8, 4) is 0 Å². The lowest BCUT2D eigenvalue weighted by Gasteiger charge is -2.26. The van der Waals surface area contributed by atoms with Gasteiger partial charge in [-0.3, -0.25) is 14.5 Å². The van der Waals surface area contributed by atoms with Gasteiger partial charge in [0.15, 0.2) is 0 Å². The number of rotatable bonds is 7. The fraction of sp³-hybridized carbons (Fsp3) is 0.391. The first-order chi connectivity index (χ1) is 13.6. The van der Waals surface area contributed by atoms with Crippen molar-refractivity contribution in [3.63, 3.8) is 0 Å². The number of hydrogen-bond donors (Lipinski definition) is 2. The fourth-order valence-corrected chi connectivity index (χ4v) is 3.42. The molecule has 0 saturated carbocycles. The molecule has 0 aromatic heterocycles. The number of nitrogens with zero attached hydrogens (tertiary/aromatic N) is 1. The van der Waals surface area contributed by atoms with Crippen LogP contribution in [0.1, 0.15) is 53.2 Å². The van der Waals surface area contributed by atoms with Gasteiger partial charge in [-0.1, -0.05) is 42.8 Å². The van der Waals surface area contributed by atoms with E-state index in [1.165, 1.54) is 44.8 Å². The van der Waals surface area contributed by atoms with Crippen LogP contribution >= 0.6 is 0 Å². The predicted molar refractivity (Wildman–Crippen MR) is 111 cm³/mol.